The number of nitrogens with one attached hydrogen (secondary N) is 1. The molecule has 0 bridgehead atoms. The number of benzene rings is 2. The van der Waals surface area contributed by atoms with E-state index >= 15 is 0 Å². The molecule has 0 spiro atoms. The van der Waals surface area contributed by atoms with Crippen molar-refractivity contribution in [2.24, 2.45) is 0 Å². The van der Waals surface area contributed by atoms with E-state index in [1.165, 1.54) is 36.4 Å². The van der Waals surface area contributed by atoms with E-state index in [2.05, 4.69) is 5.32 Å². The molecule has 2 rings (SSSR count). The third-order valence-corrected chi connectivity index (χ3v) is 3.80. The van der Waals surface area contributed by atoms with Crippen molar-refractivity contribution in [2.45, 2.75) is 13.3 Å². The van der Waals surface area contributed by atoms with Crippen molar-refractivity contribution in [1.82, 2.24) is 0 Å². The van der Waals surface area contributed by atoms with E-state index in [0.717, 1.165) is 6.08 Å². The second-order valence-electron chi connectivity index (χ2n) is 5.52. The molecule has 1 N–H and O–H groups in total. The van der Waals surface area contributed by atoms with E-state index in [-0.39, 0.29) is 16.7 Å². The Bertz CT molecular complexity index is 878. The Hall–Kier alpha value is -2.99. The molecule has 0 saturated heterocycles. The molecule has 0 aliphatic carbocycles. The SMILES string of the molecule is CCC(=O)Nc1ccc(C(=O)COC(=O)/C=C/c2ccc(F)c(Cl)c2)cc1. The number of anilines is 1. The highest BCUT2D eigenvalue weighted by Crippen LogP contribution is 2.17. The van der Waals surface area contributed by atoms with Crippen LogP contribution >= 0.6 is 11.6 Å². The number of ether oxygens (including phenoxy) is 1. The molecule has 2 aromatic carbocycles. The third kappa shape index (κ3) is 6.34. The van der Waals surface area contributed by atoms with Crippen LogP contribution in [0.5, 0.6) is 0 Å². The zero-order valence-corrected chi connectivity index (χ0v) is 15.3. The molecule has 1 amide bonds. The number of carbonyl (C=O) groups excluding carboxylic acids is 3. The second kappa shape index (κ2) is 9.64. The lowest BCUT2D eigenvalue weighted by atomic mass is 10.1. The van der Waals surface area contributed by atoms with Gasteiger partial charge in [-0.3, -0.25) is 9.59 Å². The maximum absolute atomic E-state index is 13.1. The molecule has 0 saturated carbocycles. The van der Waals surface area contributed by atoms with E-state index < -0.39 is 18.4 Å². The predicted octanol–water partition coefficient (Wildman–Crippen LogP) is 4.27. The molecule has 0 atom stereocenters. The van der Waals surface area contributed by atoms with Gasteiger partial charge in [-0.15, -0.1) is 0 Å². The van der Waals surface area contributed by atoms with Gasteiger partial charge in [-0.2, -0.15) is 0 Å². The number of ketones is 1. The summed E-state index contributed by atoms with van der Waals surface area (Å²) < 4.78 is 18.0. The highest BCUT2D eigenvalue weighted by atomic mass is 35.5. The summed E-state index contributed by atoms with van der Waals surface area (Å²) in [5.74, 6) is -1.77. The van der Waals surface area contributed by atoms with Crippen LogP contribution in [0.1, 0.15) is 29.3 Å². The van der Waals surface area contributed by atoms with Crippen molar-refractivity contribution in [3.63, 3.8) is 0 Å². The number of Topliss-reactive ketones (excluding diaryl/α,β-unsaturated/α-hetero) is 1. The summed E-state index contributed by atoms with van der Waals surface area (Å²) in [6.07, 6.45) is 2.89. The molecule has 0 radical (unpaired) electrons. The van der Waals surface area contributed by atoms with E-state index in [1.54, 1.807) is 19.1 Å². The summed E-state index contributed by atoms with van der Waals surface area (Å²) in [5, 5.41) is 2.61. The smallest absolute Gasteiger partial charge is 0.331 e. The van der Waals surface area contributed by atoms with E-state index in [0.29, 0.717) is 23.2 Å². The Morgan fingerprint density at radius 2 is 1.85 bits per heavy atom. The Balaban J connectivity index is 1.87. The van der Waals surface area contributed by atoms with Gasteiger partial charge in [-0.05, 0) is 48.0 Å². The van der Waals surface area contributed by atoms with Gasteiger partial charge in [0, 0.05) is 23.7 Å². The fraction of sp³-hybridized carbons (Fsp3) is 0.150. The number of hydrogen-bond donors (Lipinski definition) is 1. The van der Waals surface area contributed by atoms with Gasteiger partial charge in [-0.1, -0.05) is 24.6 Å². The summed E-state index contributed by atoms with van der Waals surface area (Å²) in [6, 6.07) is 10.3. The molecule has 0 aromatic heterocycles. The van der Waals surface area contributed by atoms with Crippen LogP contribution in [0.2, 0.25) is 5.02 Å². The summed E-state index contributed by atoms with van der Waals surface area (Å²) in [4.78, 5) is 35.1. The lowest BCUT2D eigenvalue weighted by Gasteiger charge is -2.05. The van der Waals surface area contributed by atoms with E-state index in [1.807, 2.05) is 0 Å². The first-order valence-electron chi connectivity index (χ1n) is 8.12. The lowest BCUT2D eigenvalue weighted by molar-refractivity contribution is -0.136. The molecule has 5 nitrogen and oxygen atoms in total. The zero-order chi connectivity index (χ0) is 19.8. The number of hydrogen-bond acceptors (Lipinski definition) is 4. The summed E-state index contributed by atoms with van der Waals surface area (Å²) in [6.45, 7) is 1.31. The van der Waals surface area contributed by atoms with Crippen LogP contribution in [-0.4, -0.2) is 24.3 Å². The number of amides is 1. The predicted molar refractivity (Wildman–Crippen MR) is 101 cm³/mol. The van der Waals surface area contributed by atoms with Gasteiger partial charge in [0.1, 0.15) is 5.82 Å². The van der Waals surface area contributed by atoms with Crippen LogP contribution < -0.4 is 5.32 Å². The molecule has 0 heterocycles. The number of halogens is 2. The van der Waals surface area contributed by atoms with Gasteiger partial charge >= 0.3 is 5.97 Å². The van der Waals surface area contributed by atoms with Crippen molar-refractivity contribution in [1.29, 1.82) is 0 Å². The molecule has 140 valence electrons. The van der Waals surface area contributed by atoms with Gasteiger partial charge in [0.2, 0.25) is 5.91 Å². The van der Waals surface area contributed by atoms with Gasteiger partial charge in [0.15, 0.2) is 12.4 Å². The topological polar surface area (TPSA) is 72.5 Å². The average Bonchev–Trinajstić information content (AvgIpc) is 2.67. The minimum Gasteiger partial charge on any atom is -0.454 e. The van der Waals surface area contributed by atoms with Crippen molar-refractivity contribution in [3.8, 4) is 0 Å². The fourth-order valence-electron chi connectivity index (χ4n) is 2.04. The molecular weight excluding hydrogens is 373 g/mol. The van der Waals surface area contributed by atoms with Crippen LogP contribution in [0.4, 0.5) is 10.1 Å². The standard InChI is InChI=1S/C20H17ClFNO4/c1-2-19(25)23-15-7-5-14(6-8-15)18(24)12-27-20(26)10-4-13-3-9-17(22)16(21)11-13/h3-11H,2,12H2,1H3,(H,23,25)/b10-4+. The van der Waals surface area contributed by atoms with Gasteiger partial charge < -0.3 is 10.1 Å². The van der Waals surface area contributed by atoms with Crippen molar-refractivity contribution >= 4 is 41.0 Å². The van der Waals surface area contributed by atoms with Crippen LogP contribution in [0.25, 0.3) is 6.08 Å². The Morgan fingerprint density at radius 1 is 1.15 bits per heavy atom. The van der Waals surface area contributed by atoms with Crippen LogP contribution in [0.15, 0.2) is 48.5 Å². The summed E-state index contributed by atoms with van der Waals surface area (Å²) in [5.41, 5.74) is 1.46. The van der Waals surface area contributed by atoms with Crippen molar-refractivity contribution in [3.05, 3.63) is 70.5 Å². The molecule has 2 aromatic rings. The minimum atomic E-state index is -0.712. The van der Waals surface area contributed by atoms with Gasteiger partial charge in [0.05, 0.1) is 5.02 Å². The third-order valence-electron chi connectivity index (χ3n) is 3.51. The zero-order valence-electron chi connectivity index (χ0n) is 14.5. The molecule has 0 fully saturated rings. The molecule has 0 unspecified atom stereocenters. The van der Waals surface area contributed by atoms with Crippen LogP contribution in [-0.2, 0) is 14.3 Å². The van der Waals surface area contributed by atoms with Gasteiger partial charge in [0.25, 0.3) is 0 Å². The Morgan fingerprint density at radius 3 is 2.48 bits per heavy atom. The van der Waals surface area contributed by atoms with Crippen LogP contribution in [0, 0.1) is 5.82 Å². The number of carbonyl (C=O) groups is 3. The van der Waals surface area contributed by atoms with Crippen molar-refractivity contribution in [2.75, 3.05) is 11.9 Å². The first-order chi connectivity index (χ1) is 12.9. The number of rotatable bonds is 7. The molecular formula is C20H17ClFNO4. The summed E-state index contributed by atoms with van der Waals surface area (Å²) >= 11 is 5.65. The lowest BCUT2D eigenvalue weighted by Crippen LogP contribution is -2.13. The fourth-order valence-corrected chi connectivity index (χ4v) is 2.23. The Kier molecular flexibility index (Phi) is 7.25. The van der Waals surface area contributed by atoms with Gasteiger partial charge in [-0.25, -0.2) is 9.18 Å². The minimum absolute atomic E-state index is 0.0562. The molecule has 0 aliphatic heterocycles. The first kappa shape index (κ1) is 20.3. The van der Waals surface area contributed by atoms with E-state index in [4.69, 9.17) is 16.3 Å². The molecule has 0 aliphatic rings. The molecule has 27 heavy (non-hydrogen) atoms. The summed E-state index contributed by atoms with van der Waals surface area (Å²) in [7, 11) is 0. The van der Waals surface area contributed by atoms with Crippen LogP contribution in [0.3, 0.4) is 0 Å². The van der Waals surface area contributed by atoms with Crippen molar-refractivity contribution < 1.29 is 23.5 Å². The Labute approximate surface area is 160 Å². The monoisotopic (exact) mass is 389 g/mol. The first-order valence-corrected chi connectivity index (χ1v) is 8.50. The highest BCUT2D eigenvalue weighted by Gasteiger charge is 2.09. The maximum Gasteiger partial charge on any atom is 0.331 e. The average molecular weight is 390 g/mol. The maximum atomic E-state index is 13.1. The second-order valence-corrected chi connectivity index (χ2v) is 5.92. The quantitative estimate of drug-likeness (QED) is 0.436. The van der Waals surface area contributed by atoms with E-state index in [9.17, 15) is 18.8 Å². The molecule has 7 heteroatoms. The number of esters is 1. The highest BCUT2D eigenvalue weighted by molar-refractivity contribution is 6.30. The largest absolute Gasteiger partial charge is 0.454 e. The normalized spacial score (nSPS) is 10.6.